The number of nitrogens with zero attached hydrogens (tertiary/aromatic N) is 3. The van der Waals surface area contributed by atoms with Gasteiger partial charge in [-0.15, -0.1) is 10.2 Å². The van der Waals surface area contributed by atoms with Crippen molar-refractivity contribution in [1.82, 2.24) is 20.2 Å². The lowest BCUT2D eigenvalue weighted by molar-refractivity contribution is -0.113. The van der Waals surface area contributed by atoms with Crippen LogP contribution < -0.4 is 5.32 Å². The molecule has 0 aliphatic heterocycles. The van der Waals surface area contributed by atoms with Crippen LogP contribution in [0.3, 0.4) is 0 Å². The van der Waals surface area contributed by atoms with Crippen LogP contribution in [0.5, 0.6) is 0 Å². The molecule has 2 aromatic carbocycles. The average molecular weight is 461 g/mol. The summed E-state index contributed by atoms with van der Waals surface area (Å²) in [6.07, 6.45) is 0. The zero-order valence-electron chi connectivity index (χ0n) is 12.9. The number of nitrogens with one attached hydrogen (secondary N) is 2. The highest BCUT2D eigenvalue weighted by Gasteiger charge is 2.11. The fraction of sp³-hybridized carbons (Fsp3) is 0.0588. The van der Waals surface area contributed by atoms with Crippen LogP contribution in [0.2, 0.25) is 0 Å². The van der Waals surface area contributed by atoms with Crippen molar-refractivity contribution >= 4 is 68.0 Å². The van der Waals surface area contributed by atoms with Gasteiger partial charge in [-0.2, -0.15) is 0 Å². The van der Waals surface area contributed by atoms with E-state index in [0.717, 1.165) is 25.7 Å². The third kappa shape index (κ3) is 3.45. The molecule has 0 bridgehead atoms. The monoisotopic (exact) mass is 461 g/mol. The number of hydrogen-bond acceptors (Lipinski definition) is 5. The number of para-hydroxylation sites is 2. The lowest BCUT2D eigenvalue weighted by Crippen LogP contribution is -2.15. The van der Waals surface area contributed by atoms with Gasteiger partial charge in [0, 0.05) is 14.5 Å². The van der Waals surface area contributed by atoms with Crippen molar-refractivity contribution in [2.24, 2.45) is 0 Å². The summed E-state index contributed by atoms with van der Waals surface area (Å²) in [4.78, 5) is 19.8. The molecule has 6 nitrogen and oxygen atoms in total. The molecule has 124 valence electrons. The van der Waals surface area contributed by atoms with E-state index in [9.17, 15) is 4.79 Å². The molecule has 0 aliphatic rings. The summed E-state index contributed by atoms with van der Waals surface area (Å²) < 4.78 is 0.996. The highest BCUT2D eigenvalue weighted by atomic mass is 127. The van der Waals surface area contributed by atoms with Crippen molar-refractivity contribution in [3.8, 4) is 0 Å². The summed E-state index contributed by atoms with van der Waals surface area (Å²) in [5, 5.41) is 12.7. The van der Waals surface area contributed by atoms with Gasteiger partial charge in [0.25, 0.3) is 0 Å². The van der Waals surface area contributed by atoms with Gasteiger partial charge in [-0.25, -0.2) is 4.98 Å². The minimum Gasteiger partial charge on any atom is -0.338 e. The fourth-order valence-corrected chi connectivity index (χ4v) is 3.55. The molecule has 8 heteroatoms. The van der Waals surface area contributed by atoms with Crippen molar-refractivity contribution in [2.45, 2.75) is 5.16 Å². The quantitative estimate of drug-likeness (QED) is 0.357. The van der Waals surface area contributed by atoms with Gasteiger partial charge in [-0.05, 0) is 40.8 Å². The summed E-state index contributed by atoms with van der Waals surface area (Å²) in [5.74, 6) is 0.118. The summed E-state index contributed by atoms with van der Waals surface area (Å²) in [5.41, 5.74) is 3.19. The molecular weight excluding hydrogens is 449 g/mol. The second-order valence-electron chi connectivity index (χ2n) is 5.28. The number of carbonyl (C=O) groups is 1. The molecule has 1 amide bonds. The third-order valence-corrected chi connectivity index (χ3v) is 5.36. The Hall–Kier alpha value is -2.20. The first kappa shape index (κ1) is 16.3. The van der Waals surface area contributed by atoms with Gasteiger partial charge < -0.3 is 10.3 Å². The van der Waals surface area contributed by atoms with Gasteiger partial charge in [-0.3, -0.25) is 4.79 Å². The Morgan fingerprint density at radius 2 is 1.92 bits per heavy atom. The maximum absolute atomic E-state index is 12.1. The number of thioether (sulfide) groups is 1. The Morgan fingerprint density at radius 1 is 1.12 bits per heavy atom. The second kappa shape index (κ2) is 6.96. The molecule has 0 spiro atoms. The summed E-state index contributed by atoms with van der Waals surface area (Å²) >= 11 is 3.45. The smallest absolute Gasteiger partial charge is 0.234 e. The molecule has 0 fully saturated rings. The molecule has 2 heterocycles. The van der Waals surface area contributed by atoms with Crippen LogP contribution in [-0.2, 0) is 4.79 Å². The van der Waals surface area contributed by atoms with Crippen LogP contribution in [0.1, 0.15) is 0 Å². The molecule has 0 atom stereocenters. The van der Waals surface area contributed by atoms with Crippen molar-refractivity contribution < 1.29 is 4.79 Å². The van der Waals surface area contributed by atoms with Crippen LogP contribution in [0.15, 0.2) is 53.7 Å². The summed E-state index contributed by atoms with van der Waals surface area (Å²) in [6, 6.07) is 15.5. The minimum absolute atomic E-state index is 0.102. The summed E-state index contributed by atoms with van der Waals surface area (Å²) in [6.45, 7) is 0. The number of anilines is 1. The highest BCUT2D eigenvalue weighted by molar-refractivity contribution is 14.1. The van der Waals surface area contributed by atoms with Crippen molar-refractivity contribution in [3.63, 3.8) is 0 Å². The van der Waals surface area contributed by atoms with Crippen LogP contribution in [0, 0.1) is 3.57 Å². The van der Waals surface area contributed by atoms with E-state index in [0.29, 0.717) is 10.8 Å². The van der Waals surface area contributed by atoms with Crippen LogP contribution in [0.4, 0.5) is 5.69 Å². The third-order valence-electron chi connectivity index (χ3n) is 3.58. The molecule has 0 saturated heterocycles. The lowest BCUT2D eigenvalue weighted by atomic mass is 10.2. The second-order valence-corrected chi connectivity index (χ2v) is 7.38. The molecule has 4 rings (SSSR count). The van der Waals surface area contributed by atoms with Crippen molar-refractivity contribution in [1.29, 1.82) is 0 Å². The number of aromatic amines is 1. The highest BCUT2D eigenvalue weighted by Crippen LogP contribution is 2.23. The maximum atomic E-state index is 12.1. The normalized spacial score (nSPS) is 11.1. The van der Waals surface area contributed by atoms with E-state index in [4.69, 9.17) is 0 Å². The summed E-state index contributed by atoms with van der Waals surface area (Å²) in [7, 11) is 0. The first-order chi connectivity index (χ1) is 12.2. The standard InChI is InChI=1S/C17H12IN5OS/c18-11-6-2-4-8-13(11)19-14(24)9-25-17-21-16-15(22-23-17)10-5-1-3-7-12(10)20-16/h1-8H,9H2,(H,19,24)(H,20,21,23). The van der Waals surface area contributed by atoms with Crippen molar-refractivity contribution in [2.75, 3.05) is 11.1 Å². The van der Waals surface area contributed by atoms with Crippen molar-refractivity contribution in [3.05, 3.63) is 52.1 Å². The number of H-pyrrole nitrogens is 1. The Balaban J connectivity index is 1.48. The zero-order chi connectivity index (χ0) is 17.2. The molecule has 0 radical (unpaired) electrons. The number of carbonyl (C=O) groups excluding carboxylic acids is 1. The maximum Gasteiger partial charge on any atom is 0.234 e. The van der Waals surface area contributed by atoms with Gasteiger partial charge in [-0.1, -0.05) is 42.1 Å². The molecule has 2 aromatic heterocycles. The largest absolute Gasteiger partial charge is 0.338 e. The molecule has 0 aliphatic carbocycles. The van der Waals surface area contributed by atoms with E-state index in [1.165, 1.54) is 11.8 Å². The first-order valence-corrected chi connectivity index (χ1v) is 9.55. The van der Waals surface area contributed by atoms with Crippen LogP contribution in [0.25, 0.3) is 22.1 Å². The van der Waals surface area contributed by atoms with E-state index in [2.05, 4.69) is 48.1 Å². The number of amides is 1. The number of benzene rings is 2. The molecule has 4 aromatic rings. The fourth-order valence-electron chi connectivity index (χ4n) is 2.45. The lowest BCUT2D eigenvalue weighted by Gasteiger charge is -2.06. The van der Waals surface area contributed by atoms with Crippen LogP contribution in [-0.4, -0.2) is 31.8 Å². The first-order valence-electron chi connectivity index (χ1n) is 7.49. The van der Waals surface area contributed by atoms with E-state index in [-0.39, 0.29) is 11.7 Å². The topological polar surface area (TPSA) is 83.6 Å². The zero-order valence-corrected chi connectivity index (χ0v) is 15.8. The minimum atomic E-state index is -0.102. The predicted molar refractivity (Wildman–Crippen MR) is 108 cm³/mol. The predicted octanol–water partition coefficient (Wildman–Crippen LogP) is 3.84. The molecule has 0 unspecified atom stereocenters. The molecule has 0 saturated carbocycles. The number of fused-ring (bicyclic) bond motifs is 3. The average Bonchev–Trinajstić information content (AvgIpc) is 3.00. The van der Waals surface area contributed by atoms with Gasteiger partial charge >= 0.3 is 0 Å². The Labute approximate surface area is 161 Å². The molecular formula is C17H12IN5OS. The van der Waals surface area contributed by atoms with Crippen LogP contribution >= 0.6 is 34.4 Å². The van der Waals surface area contributed by atoms with Gasteiger partial charge in [0.15, 0.2) is 5.65 Å². The number of hydrogen-bond donors (Lipinski definition) is 2. The van der Waals surface area contributed by atoms with E-state index >= 15 is 0 Å². The van der Waals surface area contributed by atoms with Gasteiger partial charge in [0.05, 0.1) is 11.4 Å². The molecule has 2 N–H and O–H groups in total. The Morgan fingerprint density at radius 3 is 2.80 bits per heavy atom. The van der Waals surface area contributed by atoms with E-state index in [1.54, 1.807) is 0 Å². The van der Waals surface area contributed by atoms with E-state index in [1.807, 2.05) is 48.5 Å². The molecule has 25 heavy (non-hydrogen) atoms. The number of rotatable bonds is 4. The SMILES string of the molecule is O=C(CSc1nnc2c(n1)[nH]c1ccccc12)Nc1ccccc1I. The number of halogens is 1. The Kier molecular flexibility index (Phi) is 4.53. The van der Waals surface area contributed by atoms with E-state index < -0.39 is 0 Å². The van der Waals surface area contributed by atoms with Gasteiger partial charge in [0.2, 0.25) is 11.1 Å². The number of aromatic nitrogens is 4. The Bertz CT molecular complexity index is 1080. The van der Waals surface area contributed by atoms with Gasteiger partial charge in [0.1, 0.15) is 5.52 Å².